The van der Waals surface area contributed by atoms with Gasteiger partial charge < -0.3 is 10.5 Å². The molecule has 22 heavy (non-hydrogen) atoms. The van der Waals surface area contributed by atoms with Crippen molar-refractivity contribution in [3.63, 3.8) is 0 Å². The van der Waals surface area contributed by atoms with Crippen molar-refractivity contribution in [2.24, 2.45) is 0 Å². The van der Waals surface area contributed by atoms with Crippen LogP contribution in [-0.4, -0.2) is 20.0 Å². The molecule has 0 amide bonds. The van der Waals surface area contributed by atoms with E-state index in [1.807, 2.05) is 5.38 Å². The van der Waals surface area contributed by atoms with Gasteiger partial charge in [0.15, 0.2) is 9.90 Å². The minimum Gasteiger partial charge on any atom is -0.870 e. The predicted octanol–water partition coefficient (Wildman–Crippen LogP) is 0.272. The average molecular weight is 378 g/mol. The standard InChI is InChI=1S/C13H11N3OS3.K.H2O/c17-11-9-7-3-1-2-4-8(7)20-10(9)15-12(18)16(11)13-14-5-6-19-13;;/h5-6H,1-4H2,(H,15,18);;1H2/q;+1;/p-1. The topological polar surface area (TPSA) is 80.7 Å². The Morgan fingerprint density at radius 3 is 2.82 bits per heavy atom. The molecule has 110 valence electrons. The van der Waals surface area contributed by atoms with Gasteiger partial charge in [0.25, 0.3) is 5.56 Å². The Morgan fingerprint density at radius 1 is 1.32 bits per heavy atom. The van der Waals surface area contributed by atoms with Gasteiger partial charge in [0.2, 0.25) is 0 Å². The summed E-state index contributed by atoms with van der Waals surface area (Å²) in [6.45, 7) is 0. The normalized spacial score (nSPS) is 13.3. The number of aromatic amines is 1. The molecule has 0 radical (unpaired) electrons. The fraction of sp³-hybridized carbons (Fsp3) is 0.308. The Balaban J connectivity index is 0.000000882. The molecule has 3 aromatic heterocycles. The van der Waals surface area contributed by atoms with Crippen LogP contribution in [0.1, 0.15) is 23.3 Å². The van der Waals surface area contributed by atoms with Crippen molar-refractivity contribution in [1.29, 1.82) is 0 Å². The number of aromatic nitrogens is 3. The maximum atomic E-state index is 12.8. The zero-order chi connectivity index (χ0) is 13.7. The first-order valence-corrected chi connectivity index (χ1v) is 8.55. The van der Waals surface area contributed by atoms with Crippen molar-refractivity contribution in [1.82, 2.24) is 14.5 Å². The molecular weight excluding hydrogens is 365 g/mol. The van der Waals surface area contributed by atoms with E-state index in [1.165, 1.54) is 32.8 Å². The van der Waals surface area contributed by atoms with Crippen LogP contribution < -0.4 is 56.9 Å². The summed E-state index contributed by atoms with van der Waals surface area (Å²) >= 11 is 8.44. The molecule has 3 aromatic rings. The van der Waals surface area contributed by atoms with Crippen LogP contribution in [0.3, 0.4) is 0 Å². The maximum absolute atomic E-state index is 12.8. The molecule has 9 heteroatoms. The summed E-state index contributed by atoms with van der Waals surface area (Å²) in [5, 5.41) is 3.30. The fourth-order valence-electron chi connectivity index (χ4n) is 2.74. The molecule has 0 aliphatic heterocycles. The monoisotopic (exact) mass is 377 g/mol. The Kier molecular flexibility index (Phi) is 6.31. The minimum atomic E-state index is -0.0295. The van der Waals surface area contributed by atoms with Crippen LogP contribution in [-0.2, 0) is 12.8 Å². The van der Waals surface area contributed by atoms with Crippen LogP contribution in [0.2, 0.25) is 0 Å². The first-order chi connectivity index (χ1) is 9.75. The molecule has 0 unspecified atom stereocenters. The van der Waals surface area contributed by atoms with E-state index in [9.17, 15) is 4.79 Å². The molecule has 2 N–H and O–H groups in total. The second-order valence-corrected chi connectivity index (χ2v) is 7.17. The van der Waals surface area contributed by atoms with Gasteiger partial charge >= 0.3 is 51.4 Å². The summed E-state index contributed by atoms with van der Waals surface area (Å²) in [4.78, 5) is 22.5. The van der Waals surface area contributed by atoms with Crippen LogP contribution in [0, 0.1) is 4.77 Å². The number of nitrogens with one attached hydrogen (secondary N) is 1. The Morgan fingerprint density at radius 2 is 2.09 bits per heavy atom. The summed E-state index contributed by atoms with van der Waals surface area (Å²) in [6, 6.07) is 0. The predicted molar refractivity (Wildman–Crippen MR) is 86.9 cm³/mol. The van der Waals surface area contributed by atoms with E-state index in [1.54, 1.807) is 17.5 Å². The number of thiophene rings is 1. The third-order valence-corrected chi connectivity index (χ3v) is 5.87. The number of fused-ring (bicyclic) bond motifs is 3. The first kappa shape index (κ1) is 18.6. The SMILES string of the molecule is O=c1c2c3c(sc2[nH]c(=S)n1-c1nccs1)CCCC3.[K+].[OH-]. The fourth-order valence-corrected chi connectivity index (χ4v) is 5.06. The van der Waals surface area contributed by atoms with Crippen molar-refractivity contribution in [2.45, 2.75) is 25.7 Å². The molecule has 1 aliphatic carbocycles. The van der Waals surface area contributed by atoms with E-state index in [0.717, 1.165) is 29.5 Å². The Labute approximate surface area is 182 Å². The number of nitrogens with zero attached hydrogens (tertiary/aromatic N) is 2. The molecule has 0 spiro atoms. The van der Waals surface area contributed by atoms with Crippen LogP contribution in [0.25, 0.3) is 15.3 Å². The smallest absolute Gasteiger partial charge is 0.870 e. The minimum absolute atomic E-state index is 0. The number of H-pyrrole nitrogens is 1. The van der Waals surface area contributed by atoms with Gasteiger partial charge in [-0.05, 0) is 43.5 Å². The third-order valence-electron chi connectivity index (χ3n) is 3.62. The van der Waals surface area contributed by atoms with Crippen molar-refractivity contribution in [3.8, 4) is 5.13 Å². The maximum Gasteiger partial charge on any atom is 1.00 e. The molecule has 4 rings (SSSR count). The average Bonchev–Trinajstić information content (AvgIpc) is 3.05. The molecule has 0 bridgehead atoms. The quantitative estimate of drug-likeness (QED) is 0.488. The van der Waals surface area contributed by atoms with Gasteiger partial charge in [0, 0.05) is 16.5 Å². The molecule has 0 aromatic carbocycles. The van der Waals surface area contributed by atoms with Crippen molar-refractivity contribution >= 4 is 45.1 Å². The van der Waals surface area contributed by atoms with Gasteiger partial charge in [-0.15, -0.1) is 22.7 Å². The van der Waals surface area contributed by atoms with Crippen molar-refractivity contribution < 1.29 is 56.9 Å². The number of hydrogen-bond acceptors (Lipinski definition) is 6. The van der Waals surface area contributed by atoms with E-state index < -0.39 is 0 Å². The Bertz CT molecular complexity index is 911. The van der Waals surface area contributed by atoms with Gasteiger partial charge in [0.1, 0.15) is 4.83 Å². The van der Waals surface area contributed by atoms with Gasteiger partial charge in [0.05, 0.1) is 5.39 Å². The second kappa shape index (κ2) is 7.45. The van der Waals surface area contributed by atoms with Gasteiger partial charge in [-0.1, -0.05) is 0 Å². The molecule has 5 nitrogen and oxygen atoms in total. The van der Waals surface area contributed by atoms with Crippen LogP contribution in [0.15, 0.2) is 16.4 Å². The van der Waals surface area contributed by atoms with Crippen molar-refractivity contribution in [3.05, 3.63) is 37.1 Å². The van der Waals surface area contributed by atoms with Gasteiger partial charge in [-0.2, -0.15) is 0 Å². The summed E-state index contributed by atoms with van der Waals surface area (Å²) in [5.41, 5.74) is 1.19. The number of hydrogen-bond donors (Lipinski definition) is 1. The molecule has 0 saturated carbocycles. The number of aryl methyl sites for hydroxylation is 2. The zero-order valence-electron chi connectivity index (χ0n) is 12.0. The van der Waals surface area contributed by atoms with Crippen LogP contribution in [0.4, 0.5) is 0 Å². The summed E-state index contributed by atoms with van der Waals surface area (Å²) < 4.78 is 1.94. The molecule has 0 saturated heterocycles. The van der Waals surface area contributed by atoms with E-state index in [2.05, 4.69) is 9.97 Å². The van der Waals surface area contributed by atoms with Crippen molar-refractivity contribution in [2.75, 3.05) is 0 Å². The van der Waals surface area contributed by atoms with Gasteiger partial charge in [-0.3, -0.25) is 4.79 Å². The van der Waals surface area contributed by atoms with Crippen LogP contribution >= 0.6 is 34.9 Å². The zero-order valence-corrected chi connectivity index (χ0v) is 17.5. The van der Waals surface area contributed by atoms with E-state index >= 15 is 0 Å². The summed E-state index contributed by atoms with van der Waals surface area (Å²) in [7, 11) is 0. The summed E-state index contributed by atoms with van der Waals surface area (Å²) in [5.74, 6) is 0. The number of thiazole rings is 1. The summed E-state index contributed by atoms with van der Waals surface area (Å²) in [6.07, 6.45) is 6.12. The molecule has 0 atom stereocenters. The van der Waals surface area contributed by atoms with Crippen LogP contribution in [0.5, 0.6) is 0 Å². The third kappa shape index (κ3) is 2.98. The molecule has 1 aliphatic rings. The molecule has 0 fully saturated rings. The second-order valence-electron chi connectivity index (χ2n) is 4.80. The van der Waals surface area contributed by atoms with E-state index in [4.69, 9.17) is 12.2 Å². The van der Waals surface area contributed by atoms with E-state index in [0.29, 0.717) is 9.90 Å². The number of rotatable bonds is 1. The molecule has 3 heterocycles. The Hall–Kier alpha value is 0.286. The van der Waals surface area contributed by atoms with Gasteiger partial charge in [-0.25, -0.2) is 9.55 Å². The largest absolute Gasteiger partial charge is 1.00 e. The van der Waals surface area contributed by atoms with E-state index in [-0.39, 0.29) is 62.4 Å². The first-order valence-electron chi connectivity index (χ1n) is 6.45. The molecular formula is C13H12KN3O2S3.